The van der Waals surface area contributed by atoms with Crippen LogP contribution < -0.4 is 16.2 Å². The molecule has 1 aromatic rings. The first-order valence-electron chi connectivity index (χ1n) is 7.04. The maximum absolute atomic E-state index is 12.4. The van der Waals surface area contributed by atoms with Gasteiger partial charge in [0.25, 0.3) is 5.91 Å². The van der Waals surface area contributed by atoms with Gasteiger partial charge < -0.3 is 11.1 Å². The summed E-state index contributed by atoms with van der Waals surface area (Å²) in [5.41, 5.74) is 6.27. The van der Waals surface area contributed by atoms with Crippen molar-refractivity contribution < 1.29 is 13.2 Å². The molecule has 23 heavy (non-hydrogen) atoms. The quantitative estimate of drug-likeness (QED) is 0.616. The number of amides is 1. The van der Waals surface area contributed by atoms with Gasteiger partial charge >= 0.3 is 0 Å². The molecule has 0 aromatic heterocycles. The second-order valence-electron chi connectivity index (χ2n) is 5.17. The summed E-state index contributed by atoms with van der Waals surface area (Å²) in [6.45, 7) is 3.96. The molecule has 5 N–H and O–H groups in total. The smallest absolute Gasteiger partial charge is 0.251 e. The lowest BCUT2D eigenvalue weighted by molar-refractivity contribution is 0.0935. The van der Waals surface area contributed by atoms with Crippen LogP contribution in [0.3, 0.4) is 0 Å². The summed E-state index contributed by atoms with van der Waals surface area (Å²) in [7, 11) is -3.89. The zero-order valence-electron chi connectivity index (χ0n) is 13.1. The average Bonchev–Trinajstić information content (AvgIpc) is 2.44. The molecule has 1 atom stereocenters. The number of nitrogens with one attached hydrogen (secondary N) is 1. The zero-order chi connectivity index (χ0) is 16.9. The number of carbonyl (C=O) groups excluding carboxylic acids is 1. The number of hydrogen-bond donors (Lipinski definition) is 3. The highest BCUT2D eigenvalue weighted by Gasteiger charge is 2.20. The van der Waals surface area contributed by atoms with E-state index in [1.807, 2.05) is 0 Å². The van der Waals surface area contributed by atoms with E-state index in [4.69, 9.17) is 10.9 Å². The van der Waals surface area contributed by atoms with Gasteiger partial charge in [0.2, 0.25) is 10.0 Å². The molecule has 0 aliphatic heterocycles. The van der Waals surface area contributed by atoms with E-state index in [0.717, 1.165) is 19.3 Å². The number of nitrogens with two attached hydrogens (primary N) is 2. The molecule has 1 amide bonds. The fraction of sp³-hybridized carbons (Fsp3) is 0.500. The van der Waals surface area contributed by atoms with Crippen LogP contribution in [0.1, 0.15) is 42.1 Å². The molecule has 1 unspecified atom stereocenters. The summed E-state index contributed by atoms with van der Waals surface area (Å²) in [6.07, 6.45) is 2.76. The molecule has 132 valence electrons. The molecule has 0 spiro atoms. The summed E-state index contributed by atoms with van der Waals surface area (Å²) in [5, 5.41) is 8.03. The molecule has 0 bridgehead atoms. The topological polar surface area (TPSA) is 115 Å². The van der Waals surface area contributed by atoms with Gasteiger partial charge in [-0.25, -0.2) is 13.6 Å². The summed E-state index contributed by atoms with van der Waals surface area (Å²) < 4.78 is 23.7. The van der Waals surface area contributed by atoms with Gasteiger partial charge in [0.05, 0.1) is 4.90 Å². The molecule has 6 nitrogen and oxygen atoms in total. The summed E-state index contributed by atoms with van der Waals surface area (Å²) in [5.74, 6) is -0.352. The standard InChI is InChI=1S/C14H22BrN3O3S.ClH/c1-3-4-5-11(8-16)18-14(19)12-6-10(15)7-13(9(12)2)22(17,20)21;/h6-7,11H,3-5,8,16H2,1-2H3,(H,18,19)(H2,17,20,21);1H. The number of sulfonamides is 1. The SMILES string of the molecule is CCCCC(CN)NC(=O)c1cc(Br)cc(S(N)(=O)=O)c1C.Cl. The molecule has 9 heteroatoms. The molecule has 0 saturated heterocycles. The van der Waals surface area contributed by atoms with Crippen molar-refractivity contribution in [1.82, 2.24) is 5.32 Å². The molecule has 0 radical (unpaired) electrons. The van der Waals surface area contributed by atoms with Crippen LogP contribution in [0.15, 0.2) is 21.5 Å². The van der Waals surface area contributed by atoms with E-state index in [-0.39, 0.29) is 34.8 Å². The number of hydrogen-bond acceptors (Lipinski definition) is 4. The third-order valence-corrected chi connectivity index (χ3v) is 4.90. The predicted octanol–water partition coefficient (Wildman–Crippen LogP) is 2.07. The Morgan fingerprint density at radius 1 is 1.39 bits per heavy atom. The molecule has 0 aliphatic rings. The monoisotopic (exact) mass is 427 g/mol. The Labute approximate surface area is 152 Å². The Hall–Kier alpha value is -0.670. The van der Waals surface area contributed by atoms with Crippen LogP contribution in [0.4, 0.5) is 0 Å². The van der Waals surface area contributed by atoms with E-state index >= 15 is 0 Å². The van der Waals surface area contributed by atoms with Gasteiger partial charge in [-0.1, -0.05) is 35.7 Å². The van der Waals surface area contributed by atoms with E-state index in [9.17, 15) is 13.2 Å². The fourth-order valence-corrected chi connectivity index (χ4v) is 3.59. The van der Waals surface area contributed by atoms with Crippen LogP contribution in [0.5, 0.6) is 0 Å². The van der Waals surface area contributed by atoms with Gasteiger partial charge in [0.15, 0.2) is 0 Å². The van der Waals surface area contributed by atoms with Crippen molar-refractivity contribution in [3.8, 4) is 0 Å². The van der Waals surface area contributed by atoms with Gasteiger partial charge in [-0.2, -0.15) is 0 Å². The first-order chi connectivity index (χ1) is 10.2. The Morgan fingerprint density at radius 2 is 2.00 bits per heavy atom. The van der Waals surface area contributed by atoms with E-state index in [1.54, 1.807) is 13.0 Å². The first-order valence-corrected chi connectivity index (χ1v) is 9.38. The normalized spacial score (nSPS) is 12.4. The van der Waals surface area contributed by atoms with Gasteiger partial charge in [-0.05, 0) is 31.0 Å². The van der Waals surface area contributed by atoms with Gasteiger partial charge in [0.1, 0.15) is 0 Å². The van der Waals surface area contributed by atoms with Crippen molar-refractivity contribution in [3.05, 3.63) is 27.7 Å². The second kappa shape index (κ2) is 9.58. The third-order valence-electron chi connectivity index (χ3n) is 3.40. The maximum Gasteiger partial charge on any atom is 0.251 e. The molecule has 0 saturated carbocycles. The van der Waals surface area contributed by atoms with Crippen LogP contribution in [0.2, 0.25) is 0 Å². The fourth-order valence-electron chi connectivity index (χ4n) is 2.15. The molecule has 0 heterocycles. The second-order valence-corrected chi connectivity index (χ2v) is 7.62. The van der Waals surface area contributed by atoms with Crippen LogP contribution in [-0.4, -0.2) is 26.9 Å². The summed E-state index contributed by atoms with van der Waals surface area (Å²) >= 11 is 3.21. The number of unbranched alkanes of at least 4 members (excludes halogenated alkanes) is 1. The van der Waals surface area contributed by atoms with Crippen LogP contribution in [-0.2, 0) is 10.0 Å². The minimum Gasteiger partial charge on any atom is -0.348 e. The lowest BCUT2D eigenvalue weighted by Crippen LogP contribution is -2.40. The van der Waals surface area contributed by atoms with Crippen LogP contribution in [0.25, 0.3) is 0 Å². The van der Waals surface area contributed by atoms with Gasteiger partial charge in [-0.3, -0.25) is 4.79 Å². The highest BCUT2D eigenvalue weighted by atomic mass is 79.9. The zero-order valence-corrected chi connectivity index (χ0v) is 16.4. The highest BCUT2D eigenvalue weighted by Crippen LogP contribution is 2.24. The highest BCUT2D eigenvalue weighted by molar-refractivity contribution is 9.10. The van der Waals surface area contributed by atoms with E-state index < -0.39 is 10.0 Å². The number of halogens is 2. The minimum absolute atomic E-state index is 0. The molecule has 1 aromatic carbocycles. The molecular formula is C14H23BrClN3O3S. The minimum atomic E-state index is -3.89. The van der Waals surface area contributed by atoms with Gasteiger partial charge in [0, 0.05) is 22.6 Å². The Kier molecular flexibility index (Phi) is 9.30. The Morgan fingerprint density at radius 3 is 2.48 bits per heavy atom. The van der Waals surface area contributed by atoms with Crippen LogP contribution >= 0.6 is 28.3 Å². The third kappa shape index (κ3) is 6.39. The van der Waals surface area contributed by atoms with Crippen molar-refractivity contribution in [1.29, 1.82) is 0 Å². The molecule has 1 rings (SSSR count). The Balaban J connectivity index is 0.00000484. The first kappa shape index (κ1) is 22.3. The predicted molar refractivity (Wildman–Crippen MR) is 97.3 cm³/mol. The number of carbonyl (C=O) groups is 1. The summed E-state index contributed by atoms with van der Waals surface area (Å²) in [6, 6.07) is 2.83. The van der Waals surface area contributed by atoms with Gasteiger partial charge in [-0.15, -0.1) is 12.4 Å². The summed E-state index contributed by atoms with van der Waals surface area (Å²) in [4.78, 5) is 12.3. The molecular weight excluding hydrogens is 406 g/mol. The largest absolute Gasteiger partial charge is 0.348 e. The molecule has 0 aliphatic carbocycles. The van der Waals surface area contributed by atoms with E-state index in [0.29, 0.717) is 16.6 Å². The Bertz CT molecular complexity index is 653. The average molecular weight is 429 g/mol. The molecule has 0 fully saturated rings. The van der Waals surface area contributed by atoms with Crippen molar-refractivity contribution in [2.45, 2.75) is 44.0 Å². The maximum atomic E-state index is 12.4. The van der Waals surface area contributed by atoms with Crippen molar-refractivity contribution in [3.63, 3.8) is 0 Å². The number of primary sulfonamides is 1. The van der Waals surface area contributed by atoms with Crippen molar-refractivity contribution >= 4 is 44.3 Å². The number of rotatable bonds is 7. The van der Waals surface area contributed by atoms with Crippen molar-refractivity contribution in [2.24, 2.45) is 10.9 Å². The lowest BCUT2D eigenvalue weighted by atomic mass is 10.1. The van der Waals surface area contributed by atoms with Crippen molar-refractivity contribution in [2.75, 3.05) is 6.54 Å². The lowest BCUT2D eigenvalue weighted by Gasteiger charge is -2.18. The number of benzene rings is 1. The van der Waals surface area contributed by atoms with E-state index in [2.05, 4.69) is 28.2 Å². The van der Waals surface area contributed by atoms with E-state index in [1.165, 1.54) is 6.07 Å². The van der Waals surface area contributed by atoms with Crippen LogP contribution in [0, 0.1) is 6.92 Å².